The van der Waals surface area contributed by atoms with Gasteiger partial charge in [0.05, 0.1) is 12.0 Å². The van der Waals surface area contributed by atoms with E-state index in [1.165, 1.54) is 5.56 Å². The largest absolute Gasteiger partial charge is 0.354 e. The van der Waals surface area contributed by atoms with Crippen LogP contribution in [0.5, 0.6) is 0 Å². The molecule has 0 fully saturated rings. The van der Waals surface area contributed by atoms with Crippen LogP contribution in [0.2, 0.25) is 0 Å². The zero-order valence-corrected chi connectivity index (χ0v) is 22.1. The number of amides is 2. The Bertz CT molecular complexity index is 1130. The number of likely N-dealkylation sites (N-methyl/N-ethyl adjacent to an activating group) is 1. The smallest absolute Gasteiger partial charge is 0.254 e. The fourth-order valence-corrected chi connectivity index (χ4v) is 4.28. The molecule has 2 atom stereocenters. The summed E-state index contributed by atoms with van der Waals surface area (Å²) in [5, 5.41) is 3.08. The Morgan fingerprint density at radius 3 is 2.23 bits per heavy atom. The fraction of sp³-hybridized carbons (Fsp3) is 0.333. The van der Waals surface area contributed by atoms with E-state index in [1.54, 1.807) is 24.1 Å². The highest BCUT2D eigenvalue weighted by Crippen LogP contribution is 2.42. The van der Waals surface area contributed by atoms with Crippen LogP contribution in [0, 0.1) is 6.92 Å². The molecule has 0 spiro atoms. The van der Waals surface area contributed by atoms with Crippen LogP contribution in [-0.2, 0) is 18.3 Å². The van der Waals surface area contributed by atoms with Crippen molar-refractivity contribution in [3.05, 3.63) is 101 Å². The van der Waals surface area contributed by atoms with Crippen LogP contribution < -0.4 is 5.32 Å². The summed E-state index contributed by atoms with van der Waals surface area (Å²) in [6, 6.07) is 17.0. The maximum absolute atomic E-state index is 13.6. The Labute approximate surface area is 210 Å². The number of carbonyl (C=O) groups excluding carboxylic acids is 2. The molecule has 35 heavy (non-hydrogen) atoms. The number of hydrogen-bond acceptors (Lipinski definition) is 2. The van der Waals surface area contributed by atoms with Gasteiger partial charge in [-0.1, -0.05) is 57.2 Å². The van der Waals surface area contributed by atoms with Crippen LogP contribution in [0.4, 0.5) is 5.69 Å². The van der Waals surface area contributed by atoms with Gasteiger partial charge < -0.3 is 14.8 Å². The van der Waals surface area contributed by atoms with Crippen molar-refractivity contribution in [3.63, 3.8) is 0 Å². The minimum atomic E-state index is -0.503. The van der Waals surface area contributed by atoms with Gasteiger partial charge in [-0.25, -0.2) is 0 Å². The number of hydrogen-bond donors (Lipinski definition) is 1. The topological polar surface area (TPSA) is 54.3 Å². The van der Waals surface area contributed by atoms with Crippen molar-refractivity contribution in [1.29, 1.82) is 0 Å². The zero-order chi connectivity index (χ0) is 26.1. The summed E-state index contributed by atoms with van der Waals surface area (Å²) in [6.07, 6.45) is 4.71. The molecule has 5 heteroatoms. The van der Waals surface area contributed by atoms with Crippen LogP contribution in [0.25, 0.3) is 0 Å². The van der Waals surface area contributed by atoms with Crippen molar-refractivity contribution in [2.75, 3.05) is 12.4 Å². The van der Waals surface area contributed by atoms with Crippen LogP contribution in [0.1, 0.15) is 72.4 Å². The predicted octanol–water partition coefficient (Wildman–Crippen LogP) is 6.66. The molecular formula is C30H39N3O2. The number of nitrogens with zero attached hydrogens (tertiary/aromatic N) is 2. The van der Waals surface area contributed by atoms with E-state index >= 15 is 0 Å². The van der Waals surface area contributed by atoms with Crippen molar-refractivity contribution >= 4 is 17.5 Å². The standard InChI is InChI=1S/C25H27N3O2.C3H6.C2H6/c1-5-17-10-12-19(13-11-17)26-24(29)22-20-8-6-7-9-21(20)25(30)28(4)23(22)18-14-16(2)27(3)15-18;1-3-2;1-2/h6-15,22-23H,5H2,1-4H3,(H,26,29);3H,1H2,2H3;1-2H3. The molecule has 186 valence electrons. The highest BCUT2D eigenvalue weighted by atomic mass is 16.2. The second-order valence-electron chi connectivity index (χ2n) is 8.40. The first kappa shape index (κ1) is 27.6. The summed E-state index contributed by atoms with van der Waals surface area (Å²) in [5.41, 5.74) is 5.39. The van der Waals surface area contributed by atoms with E-state index in [2.05, 4.69) is 24.9 Å². The second-order valence-corrected chi connectivity index (χ2v) is 8.40. The number of aromatic nitrogens is 1. The lowest BCUT2D eigenvalue weighted by Gasteiger charge is -2.39. The van der Waals surface area contributed by atoms with E-state index in [9.17, 15) is 9.59 Å². The maximum atomic E-state index is 13.6. The van der Waals surface area contributed by atoms with Crippen LogP contribution in [0.15, 0.2) is 73.4 Å². The molecule has 2 aromatic carbocycles. The molecule has 2 heterocycles. The molecule has 0 radical (unpaired) electrons. The molecule has 2 amide bonds. The minimum Gasteiger partial charge on any atom is -0.354 e. The lowest BCUT2D eigenvalue weighted by atomic mass is 9.80. The highest BCUT2D eigenvalue weighted by Gasteiger charge is 2.43. The van der Waals surface area contributed by atoms with E-state index in [1.807, 2.05) is 88.0 Å². The fourth-order valence-electron chi connectivity index (χ4n) is 4.28. The van der Waals surface area contributed by atoms with Gasteiger partial charge in [-0.2, -0.15) is 0 Å². The second kappa shape index (κ2) is 12.7. The highest BCUT2D eigenvalue weighted by molar-refractivity contribution is 6.04. The van der Waals surface area contributed by atoms with Gasteiger partial charge in [-0.3, -0.25) is 9.59 Å². The van der Waals surface area contributed by atoms with Gasteiger partial charge in [0, 0.05) is 37.2 Å². The summed E-state index contributed by atoms with van der Waals surface area (Å²) >= 11 is 0. The van der Waals surface area contributed by atoms with Gasteiger partial charge in [0.2, 0.25) is 5.91 Å². The average molecular weight is 474 g/mol. The summed E-state index contributed by atoms with van der Waals surface area (Å²) in [7, 11) is 3.75. The summed E-state index contributed by atoms with van der Waals surface area (Å²) in [4.78, 5) is 28.3. The molecule has 1 N–H and O–H groups in total. The number of benzene rings is 2. The van der Waals surface area contributed by atoms with Gasteiger partial charge in [-0.15, -0.1) is 6.58 Å². The molecule has 4 rings (SSSR count). The Kier molecular flexibility index (Phi) is 10.1. The molecule has 3 aromatic rings. The molecule has 1 aliphatic rings. The van der Waals surface area contributed by atoms with Gasteiger partial charge >= 0.3 is 0 Å². The molecule has 0 saturated carbocycles. The normalized spacial score (nSPS) is 16.2. The first-order valence-electron chi connectivity index (χ1n) is 12.3. The predicted molar refractivity (Wildman–Crippen MR) is 146 cm³/mol. The number of nitrogens with one attached hydrogen (secondary N) is 1. The average Bonchev–Trinajstić information content (AvgIpc) is 3.20. The van der Waals surface area contributed by atoms with Gasteiger partial charge in [0.15, 0.2) is 0 Å². The molecule has 5 nitrogen and oxygen atoms in total. The van der Waals surface area contributed by atoms with Gasteiger partial charge in [0.1, 0.15) is 0 Å². The summed E-state index contributed by atoms with van der Waals surface area (Å²) < 4.78 is 2.02. The molecule has 1 aliphatic heterocycles. The van der Waals surface area contributed by atoms with Crippen molar-refractivity contribution in [3.8, 4) is 0 Å². The third kappa shape index (κ3) is 6.10. The first-order chi connectivity index (χ1) is 16.8. The quantitative estimate of drug-likeness (QED) is 0.431. The molecule has 2 unspecified atom stereocenters. The number of aryl methyl sites for hydroxylation is 3. The molecule has 1 aromatic heterocycles. The van der Waals surface area contributed by atoms with Crippen LogP contribution in [-0.4, -0.2) is 28.3 Å². The monoisotopic (exact) mass is 473 g/mol. The zero-order valence-electron chi connectivity index (χ0n) is 22.1. The molecular weight excluding hydrogens is 434 g/mol. The molecule has 0 aliphatic carbocycles. The Morgan fingerprint density at radius 1 is 1.09 bits per heavy atom. The minimum absolute atomic E-state index is 0.0616. The van der Waals surface area contributed by atoms with Crippen LogP contribution in [0.3, 0.4) is 0 Å². The summed E-state index contributed by atoms with van der Waals surface area (Å²) in [5.74, 6) is -0.678. The van der Waals surface area contributed by atoms with Gasteiger partial charge in [-0.05, 0) is 61.2 Å². The van der Waals surface area contributed by atoms with Crippen molar-refractivity contribution in [2.45, 2.75) is 53.0 Å². The van der Waals surface area contributed by atoms with E-state index in [0.29, 0.717) is 5.56 Å². The number of allylic oxidation sites excluding steroid dienone is 1. The maximum Gasteiger partial charge on any atom is 0.254 e. The third-order valence-corrected chi connectivity index (χ3v) is 6.11. The lowest BCUT2D eigenvalue weighted by Crippen LogP contribution is -2.43. The Balaban J connectivity index is 0.000000803. The van der Waals surface area contributed by atoms with E-state index in [4.69, 9.17) is 0 Å². The number of fused-ring (bicyclic) bond motifs is 1. The molecule has 0 saturated heterocycles. The van der Waals surface area contributed by atoms with E-state index in [0.717, 1.165) is 28.9 Å². The number of carbonyl (C=O) groups is 2. The lowest BCUT2D eigenvalue weighted by molar-refractivity contribution is -0.119. The van der Waals surface area contributed by atoms with Crippen molar-refractivity contribution < 1.29 is 9.59 Å². The third-order valence-electron chi connectivity index (χ3n) is 6.11. The Morgan fingerprint density at radius 2 is 1.69 bits per heavy atom. The SMILES string of the molecule is C=CC.CC.CCc1ccc(NC(=O)C2c3ccccc3C(=O)N(C)C2c2cc(C)n(C)c2)cc1. The first-order valence-corrected chi connectivity index (χ1v) is 12.3. The van der Waals surface area contributed by atoms with Crippen molar-refractivity contribution in [1.82, 2.24) is 9.47 Å². The van der Waals surface area contributed by atoms with Crippen LogP contribution >= 0.6 is 0 Å². The number of rotatable bonds is 4. The van der Waals surface area contributed by atoms with E-state index in [-0.39, 0.29) is 17.9 Å². The molecule has 0 bridgehead atoms. The Hall–Kier alpha value is -3.60. The van der Waals surface area contributed by atoms with Crippen molar-refractivity contribution in [2.24, 2.45) is 7.05 Å². The van der Waals surface area contributed by atoms with Gasteiger partial charge in [0.25, 0.3) is 5.91 Å². The van der Waals surface area contributed by atoms with E-state index < -0.39 is 5.92 Å². The summed E-state index contributed by atoms with van der Waals surface area (Å²) in [6.45, 7) is 13.4. The number of anilines is 1.